The third kappa shape index (κ3) is 1.88. The SMILES string of the molecule is O=C(O)C(F)(C(=O)F)C(F)(C(F)(F)F)C(F)(F)F. The molecular formula is C6HF9O3. The third-order valence-corrected chi connectivity index (χ3v) is 1.82. The normalized spacial score (nSPS) is 17.2. The molecule has 0 fully saturated rings. The van der Waals surface area contributed by atoms with Gasteiger partial charge in [0.15, 0.2) is 0 Å². The van der Waals surface area contributed by atoms with Crippen molar-refractivity contribution in [1.82, 2.24) is 0 Å². The van der Waals surface area contributed by atoms with Gasteiger partial charge in [-0.05, 0) is 0 Å². The minimum absolute atomic E-state index is 3.90. The number of carboxylic acids is 1. The summed E-state index contributed by atoms with van der Waals surface area (Å²) in [6, 6.07) is -4.27. The van der Waals surface area contributed by atoms with Gasteiger partial charge in [-0.2, -0.15) is 30.7 Å². The van der Waals surface area contributed by atoms with Crippen molar-refractivity contribution < 1.29 is 54.2 Å². The van der Waals surface area contributed by atoms with Gasteiger partial charge in [-0.1, -0.05) is 0 Å². The van der Waals surface area contributed by atoms with E-state index >= 15 is 0 Å². The van der Waals surface area contributed by atoms with Crippen LogP contribution in [0.25, 0.3) is 0 Å². The number of hydrogen-bond acceptors (Lipinski definition) is 2. The molecule has 0 bridgehead atoms. The quantitative estimate of drug-likeness (QED) is 0.492. The molecule has 1 atom stereocenters. The summed E-state index contributed by atoms with van der Waals surface area (Å²) >= 11 is 0. The van der Waals surface area contributed by atoms with Gasteiger partial charge in [0, 0.05) is 0 Å². The Morgan fingerprint density at radius 2 is 1.06 bits per heavy atom. The van der Waals surface area contributed by atoms with Crippen molar-refractivity contribution in [2.75, 3.05) is 0 Å². The number of rotatable bonds is 3. The van der Waals surface area contributed by atoms with Gasteiger partial charge >= 0.3 is 35.7 Å². The van der Waals surface area contributed by atoms with E-state index in [2.05, 4.69) is 0 Å². The predicted molar refractivity (Wildman–Crippen MR) is 33.5 cm³/mol. The third-order valence-electron chi connectivity index (χ3n) is 1.82. The number of alkyl halides is 8. The standard InChI is InChI=1S/C6HF9O3/c7-1(16)3(8,2(17)18)4(9,5(10,11)12)6(13,14)15/h(H,17,18). The van der Waals surface area contributed by atoms with Gasteiger partial charge in [0.25, 0.3) is 0 Å². The van der Waals surface area contributed by atoms with E-state index < -0.39 is 35.7 Å². The maximum atomic E-state index is 12.9. The van der Waals surface area contributed by atoms with E-state index in [4.69, 9.17) is 5.11 Å². The van der Waals surface area contributed by atoms with Crippen LogP contribution in [0.5, 0.6) is 0 Å². The van der Waals surface area contributed by atoms with Crippen LogP contribution >= 0.6 is 0 Å². The first-order valence-electron chi connectivity index (χ1n) is 3.58. The van der Waals surface area contributed by atoms with Crippen molar-refractivity contribution in [2.45, 2.75) is 23.7 Å². The van der Waals surface area contributed by atoms with Crippen LogP contribution in [0, 0.1) is 0 Å². The first-order chi connectivity index (χ1) is 7.64. The molecule has 0 rings (SSSR count). The Morgan fingerprint density at radius 3 is 1.11 bits per heavy atom. The van der Waals surface area contributed by atoms with Crippen molar-refractivity contribution >= 4 is 12.0 Å². The molecule has 0 saturated carbocycles. The lowest BCUT2D eigenvalue weighted by molar-refractivity contribution is -0.368. The van der Waals surface area contributed by atoms with Gasteiger partial charge in [-0.15, -0.1) is 0 Å². The molecule has 0 aromatic rings. The second-order valence-corrected chi connectivity index (χ2v) is 2.89. The highest BCUT2D eigenvalue weighted by Gasteiger charge is 2.88. The van der Waals surface area contributed by atoms with Crippen LogP contribution in [0.15, 0.2) is 0 Å². The van der Waals surface area contributed by atoms with E-state index in [-0.39, 0.29) is 0 Å². The predicted octanol–water partition coefficient (Wildman–Crippen LogP) is 2.11. The Labute approximate surface area is 91.2 Å². The monoisotopic (exact) mass is 292 g/mol. The number of aliphatic carboxylic acids is 1. The number of carbonyl (C=O) groups is 2. The Balaban J connectivity index is 6.38. The number of hydrogen-bond donors (Lipinski definition) is 1. The number of carboxylic acid groups (broad SMARTS) is 1. The van der Waals surface area contributed by atoms with E-state index in [9.17, 15) is 49.1 Å². The fourth-order valence-corrected chi connectivity index (χ4v) is 0.918. The van der Waals surface area contributed by atoms with Crippen LogP contribution in [0.1, 0.15) is 0 Å². The molecule has 3 nitrogen and oxygen atoms in total. The molecule has 1 N–H and O–H groups in total. The van der Waals surface area contributed by atoms with Crippen molar-refractivity contribution in [3.05, 3.63) is 0 Å². The van der Waals surface area contributed by atoms with E-state index in [0.29, 0.717) is 0 Å². The summed E-state index contributed by atoms with van der Waals surface area (Å²) in [6.07, 6.45) is -14.4. The van der Waals surface area contributed by atoms with Crippen molar-refractivity contribution in [1.29, 1.82) is 0 Å². The van der Waals surface area contributed by atoms with E-state index in [1.807, 2.05) is 0 Å². The zero-order chi connectivity index (χ0) is 15.2. The van der Waals surface area contributed by atoms with Crippen LogP contribution < -0.4 is 0 Å². The molecule has 0 heterocycles. The van der Waals surface area contributed by atoms with Gasteiger partial charge in [0.05, 0.1) is 0 Å². The molecule has 0 radical (unpaired) electrons. The highest BCUT2D eigenvalue weighted by atomic mass is 19.4. The average Bonchev–Trinajstić information content (AvgIpc) is 2.10. The molecule has 0 aliphatic rings. The number of halogens is 9. The van der Waals surface area contributed by atoms with Gasteiger partial charge < -0.3 is 5.11 Å². The van der Waals surface area contributed by atoms with E-state index in [0.717, 1.165) is 0 Å². The van der Waals surface area contributed by atoms with Gasteiger partial charge in [-0.25, -0.2) is 13.6 Å². The molecule has 12 heteroatoms. The Hall–Kier alpha value is -1.49. The smallest absolute Gasteiger partial charge is 0.436 e. The topological polar surface area (TPSA) is 54.4 Å². The summed E-state index contributed by atoms with van der Waals surface area (Å²) < 4.78 is 109. The van der Waals surface area contributed by atoms with Crippen LogP contribution in [-0.2, 0) is 9.59 Å². The molecule has 0 aliphatic carbocycles. The van der Waals surface area contributed by atoms with Crippen molar-refractivity contribution in [3.8, 4) is 0 Å². The zero-order valence-corrected chi connectivity index (χ0v) is 7.67. The molecule has 1 unspecified atom stereocenters. The lowest BCUT2D eigenvalue weighted by Gasteiger charge is -2.35. The van der Waals surface area contributed by atoms with Crippen molar-refractivity contribution in [3.63, 3.8) is 0 Å². The molecule has 0 saturated heterocycles. The maximum Gasteiger partial charge on any atom is 0.436 e. The largest absolute Gasteiger partial charge is 0.478 e. The van der Waals surface area contributed by atoms with Crippen LogP contribution in [-0.4, -0.2) is 40.8 Å². The van der Waals surface area contributed by atoms with E-state index in [1.165, 1.54) is 0 Å². The second-order valence-electron chi connectivity index (χ2n) is 2.89. The minimum atomic E-state index is -7.22. The molecule has 0 aromatic carbocycles. The molecule has 0 spiro atoms. The highest BCUT2D eigenvalue weighted by Crippen LogP contribution is 2.54. The summed E-state index contributed by atoms with van der Waals surface area (Å²) in [5.74, 6) is -3.90. The first kappa shape index (κ1) is 16.5. The van der Waals surface area contributed by atoms with E-state index in [1.54, 1.807) is 0 Å². The lowest BCUT2D eigenvalue weighted by Crippen LogP contribution is -2.71. The average molecular weight is 292 g/mol. The van der Waals surface area contributed by atoms with Crippen LogP contribution in [0.3, 0.4) is 0 Å². The molecule has 0 aliphatic heterocycles. The Bertz CT molecular complexity index is 339. The van der Waals surface area contributed by atoms with Crippen LogP contribution in [0.4, 0.5) is 39.5 Å². The lowest BCUT2D eigenvalue weighted by atomic mass is 9.85. The van der Waals surface area contributed by atoms with Gasteiger partial charge in [0.1, 0.15) is 0 Å². The second kappa shape index (κ2) is 4.02. The summed E-state index contributed by atoms with van der Waals surface area (Å²) in [7, 11) is 0. The fourth-order valence-electron chi connectivity index (χ4n) is 0.918. The first-order valence-corrected chi connectivity index (χ1v) is 3.58. The fraction of sp³-hybridized carbons (Fsp3) is 0.667. The summed E-state index contributed by atoms with van der Waals surface area (Å²) in [4.78, 5) is 19.7. The summed E-state index contributed by atoms with van der Waals surface area (Å²) in [6.45, 7) is 0. The zero-order valence-electron chi connectivity index (χ0n) is 7.67. The summed E-state index contributed by atoms with van der Waals surface area (Å²) in [5, 5.41) is 7.79. The molecule has 0 aromatic heterocycles. The maximum absolute atomic E-state index is 12.9. The van der Waals surface area contributed by atoms with Gasteiger partial charge in [0.2, 0.25) is 0 Å². The minimum Gasteiger partial charge on any atom is -0.478 e. The highest BCUT2D eigenvalue weighted by molar-refractivity contribution is 6.04. The van der Waals surface area contributed by atoms with Crippen LogP contribution in [0.2, 0.25) is 0 Å². The van der Waals surface area contributed by atoms with Gasteiger partial charge in [-0.3, -0.25) is 4.79 Å². The molecule has 106 valence electrons. The Morgan fingerprint density at radius 1 is 0.778 bits per heavy atom. The number of carbonyl (C=O) groups excluding carboxylic acids is 1. The molecule has 18 heavy (non-hydrogen) atoms. The Kier molecular flexibility index (Phi) is 3.68. The molecule has 0 amide bonds. The summed E-state index contributed by atoms with van der Waals surface area (Å²) in [5.41, 5.74) is -13.7. The van der Waals surface area contributed by atoms with Crippen molar-refractivity contribution in [2.24, 2.45) is 0 Å². The molecular weight excluding hydrogens is 291 g/mol.